The second kappa shape index (κ2) is 5.66. The number of nitrogens with zero attached hydrogens (tertiary/aromatic N) is 1. The first kappa shape index (κ1) is 14.9. The van der Waals surface area contributed by atoms with E-state index in [1.54, 1.807) is 4.90 Å². The number of rotatable bonds is 0. The molecule has 3 rings (SSSR count). The second-order valence-corrected chi connectivity index (χ2v) is 6.32. The third-order valence-corrected chi connectivity index (χ3v) is 4.82. The maximum absolute atomic E-state index is 11.7. The van der Waals surface area contributed by atoms with Gasteiger partial charge in [-0.05, 0) is 43.4 Å². The van der Waals surface area contributed by atoms with Crippen molar-refractivity contribution in [3.05, 3.63) is 35.4 Å². The van der Waals surface area contributed by atoms with E-state index in [2.05, 4.69) is 11.8 Å². The molecule has 1 aromatic carbocycles. The Morgan fingerprint density at radius 2 is 2.27 bits per heavy atom. The minimum absolute atomic E-state index is 0.0175. The van der Waals surface area contributed by atoms with E-state index in [1.165, 1.54) is 7.11 Å². The van der Waals surface area contributed by atoms with Gasteiger partial charge in [0.15, 0.2) is 0 Å². The first-order valence-electron chi connectivity index (χ1n) is 7.67. The Kier molecular flexibility index (Phi) is 3.84. The highest BCUT2D eigenvalue weighted by molar-refractivity contribution is 5.68. The highest BCUT2D eigenvalue weighted by Gasteiger charge is 2.52. The van der Waals surface area contributed by atoms with Crippen LogP contribution in [0.4, 0.5) is 4.79 Å². The SMILES string of the molecule is COC(=O)N1CC2CC[C@](O)(C#Cc3cccc(C)c3)C2C1. The molecule has 22 heavy (non-hydrogen) atoms. The molecule has 2 aliphatic rings. The summed E-state index contributed by atoms with van der Waals surface area (Å²) in [5, 5.41) is 10.9. The van der Waals surface area contributed by atoms with Gasteiger partial charge in [-0.1, -0.05) is 24.0 Å². The zero-order valence-corrected chi connectivity index (χ0v) is 13.0. The topological polar surface area (TPSA) is 49.8 Å². The van der Waals surface area contributed by atoms with Gasteiger partial charge < -0.3 is 14.7 Å². The standard InChI is InChI=1S/C18H21NO3/c1-13-4-3-5-14(10-13)6-8-18(21)9-7-15-11-19(12-16(15)18)17(20)22-2/h3-5,10,15-16,21H,7,9,11-12H2,1-2H3/t15?,16?,18-/m1/s1. The maximum Gasteiger partial charge on any atom is 0.409 e. The summed E-state index contributed by atoms with van der Waals surface area (Å²) in [7, 11) is 1.39. The molecule has 1 amide bonds. The van der Waals surface area contributed by atoms with Crippen LogP contribution in [0.3, 0.4) is 0 Å². The van der Waals surface area contributed by atoms with Crippen molar-refractivity contribution in [1.29, 1.82) is 0 Å². The van der Waals surface area contributed by atoms with Gasteiger partial charge in [0.1, 0.15) is 5.60 Å². The van der Waals surface area contributed by atoms with Gasteiger partial charge in [-0.3, -0.25) is 0 Å². The molecule has 0 bridgehead atoms. The summed E-state index contributed by atoms with van der Waals surface area (Å²) in [6, 6.07) is 7.95. The van der Waals surface area contributed by atoms with E-state index in [1.807, 2.05) is 31.2 Å². The summed E-state index contributed by atoms with van der Waals surface area (Å²) in [5.74, 6) is 6.51. The Balaban J connectivity index is 1.78. The molecule has 1 saturated carbocycles. The van der Waals surface area contributed by atoms with E-state index >= 15 is 0 Å². The molecule has 0 spiro atoms. The molecule has 2 fully saturated rings. The number of amides is 1. The van der Waals surface area contributed by atoms with Crippen molar-refractivity contribution in [1.82, 2.24) is 4.90 Å². The van der Waals surface area contributed by atoms with Crippen molar-refractivity contribution in [3.63, 3.8) is 0 Å². The molecule has 0 radical (unpaired) electrons. The van der Waals surface area contributed by atoms with Crippen molar-refractivity contribution >= 4 is 6.09 Å². The molecule has 4 heteroatoms. The molecular formula is C18H21NO3. The first-order valence-corrected chi connectivity index (χ1v) is 7.67. The fourth-order valence-electron chi connectivity index (χ4n) is 3.63. The lowest BCUT2D eigenvalue weighted by Crippen LogP contribution is -2.37. The third kappa shape index (κ3) is 2.69. The van der Waals surface area contributed by atoms with Crippen molar-refractivity contribution in [3.8, 4) is 11.8 Å². The van der Waals surface area contributed by atoms with Crippen LogP contribution in [0.25, 0.3) is 0 Å². The van der Waals surface area contributed by atoms with Crippen LogP contribution < -0.4 is 0 Å². The molecule has 3 atom stereocenters. The van der Waals surface area contributed by atoms with Crippen LogP contribution in [0.2, 0.25) is 0 Å². The Labute approximate surface area is 131 Å². The van der Waals surface area contributed by atoms with Gasteiger partial charge >= 0.3 is 6.09 Å². The molecule has 1 heterocycles. The fourth-order valence-corrected chi connectivity index (χ4v) is 3.63. The van der Waals surface area contributed by atoms with E-state index in [0.29, 0.717) is 25.4 Å². The minimum atomic E-state index is -1.00. The highest BCUT2D eigenvalue weighted by atomic mass is 16.5. The number of hydrogen-bond acceptors (Lipinski definition) is 3. The predicted octanol–water partition coefficient (Wildman–Crippen LogP) is 2.19. The molecule has 1 saturated heterocycles. The lowest BCUT2D eigenvalue weighted by molar-refractivity contribution is 0.0543. The number of methoxy groups -OCH3 is 1. The zero-order chi connectivity index (χ0) is 15.7. The van der Waals surface area contributed by atoms with Crippen molar-refractivity contribution in [2.75, 3.05) is 20.2 Å². The summed E-state index contributed by atoms with van der Waals surface area (Å²) < 4.78 is 4.78. The summed E-state index contributed by atoms with van der Waals surface area (Å²) in [5.41, 5.74) is 1.07. The number of aryl methyl sites for hydroxylation is 1. The van der Waals surface area contributed by atoms with Gasteiger partial charge in [-0.25, -0.2) is 4.79 Å². The molecule has 0 aromatic heterocycles. The normalized spacial score (nSPS) is 29.7. The van der Waals surface area contributed by atoms with Crippen LogP contribution in [0.1, 0.15) is 24.0 Å². The lowest BCUT2D eigenvalue weighted by atomic mass is 9.88. The van der Waals surface area contributed by atoms with Crippen molar-refractivity contribution < 1.29 is 14.6 Å². The van der Waals surface area contributed by atoms with Gasteiger partial charge in [0.25, 0.3) is 0 Å². The van der Waals surface area contributed by atoms with Gasteiger partial charge in [0.05, 0.1) is 7.11 Å². The van der Waals surface area contributed by atoms with Gasteiger partial charge in [-0.2, -0.15) is 0 Å². The van der Waals surface area contributed by atoms with E-state index < -0.39 is 5.60 Å². The van der Waals surface area contributed by atoms with Gasteiger partial charge in [0, 0.05) is 24.6 Å². The Hall–Kier alpha value is -1.99. The Bertz CT molecular complexity index is 645. The number of aliphatic hydroxyl groups is 1. The van der Waals surface area contributed by atoms with Gasteiger partial charge in [-0.15, -0.1) is 0 Å². The predicted molar refractivity (Wildman–Crippen MR) is 83.2 cm³/mol. The molecule has 2 unspecified atom stereocenters. The van der Waals surface area contributed by atoms with Crippen LogP contribution in [0.15, 0.2) is 24.3 Å². The number of hydrogen-bond donors (Lipinski definition) is 1. The van der Waals surface area contributed by atoms with E-state index in [0.717, 1.165) is 17.5 Å². The number of fused-ring (bicyclic) bond motifs is 1. The zero-order valence-electron chi connectivity index (χ0n) is 13.0. The van der Waals surface area contributed by atoms with Crippen molar-refractivity contribution in [2.24, 2.45) is 11.8 Å². The first-order chi connectivity index (χ1) is 10.5. The molecule has 1 aliphatic heterocycles. The molecule has 1 aliphatic carbocycles. The summed E-state index contributed by atoms with van der Waals surface area (Å²) in [6.07, 6.45) is 1.26. The average Bonchev–Trinajstić information content (AvgIpc) is 3.06. The van der Waals surface area contributed by atoms with Gasteiger partial charge in [0.2, 0.25) is 0 Å². The van der Waals surface area contributed by atoms with Crippen LogP contribution in [-0.4, -0.2) is 41.9 Å². The summed E-state index contributed by atoms with van der Waals surface area (Å²) in [4.78, 5) is 13.3. The molecule has 1 N–H and O–H groups in total. The average molecular weight is 299 g/mol. The van der Waals surface area contributed by atoms with Crippen LogP contribution in [0.5, 0.6) is 0 Å². The fraction of sp³-hybridized carbons (Fsp3) is 0.500. The molecular weight excluding hydrogens is 278 g/mol. The number of benzene rings is 1. The van der Waals surface area contributed by atoms with E-state index in [-0.39, 0.29) is 12.0 Å². The third-order valence-electron chi connectivity index (χ3n) is 4.82. The maximum atomic E-state index is 11.7. The molecule has 116 valence electrons. The smallest absolute Gasteiger partial charge is 0.409 e. The number of likely N-dealkylation sites (tertiary alicyclic amines) is 1. The molecule has 1 aromatic rings. The monoisotopic (exact) mass is 299 g/mol. The number of carbonyl (C=O) groups is 1. The largest absolute Gasteiger partial charge is 0.453 e. The summed E-state index contributed by atoms with van der Waals surface area (Å²) in [6.45, 7) is 3.21. The summed E-state index contributed by atoms with van der Waals surface area (Å²) >= 11 is 0. The lowest BCUT2D eigenvalue weighted by Gasteiger charge is -2.24. The highest BCUT2D eigenvalue weighted by Crippen LogP contribution is 2.44. The van der Waals surface area contributed by atoms with Crippen LogP contribution in [0, 0.1) is 30.6 Å². The Morgan fingerprint density at radius 1 is 1.45 bits per heavy atom. The number of ether oxygens (including phenoxy) is 1. The quantitative estimate of drug-likeness (QED) is 0.747. The molecule has 4 nitrogen and oxygen atoms in total. The van der Waals surface area contributed by atoms with E-state index in [4.69, 9.17) is 4.74 Å². The van der Waals surface area contributed by atoms with Crippen LogP contribution in [-0.2, 0) is 4.74 Å². The number of carbonyl (C=O) groups excluding carboxylic acids is 1. The van der Waals surface area contributed by atoms with E-state index in [9.17, 15) is 9.90 Å². The Morgan fingerprint density at radius 3 is 3.00 bits per heavy atom. The second-order valence-electron chi connectivity index (χ2n) is 6.32. The minimum Gasteiger partial charge on any atom is -0.453 e. The van der Waals surface area contributed by atoms with Crippen molar-refractivity contribution in [2.45, 2.75) is 25.4 Å². The van der Waals surface area contributed by atoms with Crippen LogP contribution >= 0.6 is 0 Å².